The molecule has 5 heteroatoms. The predicted molar refractivity (Wildman–Crippen MR) is 44.1 cm³/mol. The topological polar surface area (TPSA) is 49.8 Å². The van der Waals surface area contributed by atoms with E-state index in [1.165, 1.54) is 12.1 Å². The second-order valence-electron chi connectivity index (χ2n) is 2.69. The smallest absolute Gasteiger partial charge is 0.326 e. The van der Waals surface area contributed by atoms with Gasteiger partial charge in [0, 0.05) is 6.54 Å². The third-order valence-corrected chi connectivity index (χ3v) is 1.75. The summed E-state index contributed by atoms with van der Waals surface area (Å²) in [6, 6.07) is 4.93. The van der Waals surface area contributed by atoms with Crippen LogP contribution in [0.4, 0.5) is 13.2 Å². The van der Waals surface area contributed by atoms with Crippen LogP contribution < -0.4 is 5.73 Å². The average molecular weight is 200 g/mol. The molecule has 2 nitrogen and oxygen atoms in total. The molecule has 0 aliphatic rings. The maximum atomic E-state index is 12.4. The lowest BCUT2D eigenvalue weighted by atomic mass is 10.0. The number of nitrogens with zero attached hydrogens (tertiary/aromatic N) is 1. The van der Waals surface area contributed by atoms with Crippen molar-refractivity contribution in [1.29, 1.82) is 5.26 Å². The number of halogens is 3. The fourth-order valence-corrected chi connectivity index (χ4v) is 1.05. The van der Waals surface area contributed by atoms with Crippen molar-refractivity contribution in [1.82, 2.24) is 0 Å². The maximum Gasteiger partial charge on any atom is 0.417 e. The van der Waals surface area contributed by atoms with Crippen LogP contribution >= 0.6 is 0 Å². The molecule has 1 rings (SSSR count). The van der Waals surface area contributed by atoms with Gasteiger partial charge in [-0.3, -0.25) is 0 Å². The van der Waals surface area contributed by atoms with Gasteiger partial charge in [0.15, 0.2) is 0 Å². The third-order valence-electron chi connectivity index (χ3n) is 1.75. The minimum Gasteiger partial charge on any atom is -0.326 e. The molecule has 0 heterocycles. The van der Waals surface area contributed by atoms with Crippen molar-refractivity contribution >= 4 is 0 Å². The predicted octanol–water partition coefficient (Wildman–Crippen LogP) is 2.04. The summed E-state index contributed by atoms with van der Waals surface area (Å²) < 4.78 is 37.1. The van der Waals surface area contributed by atoms with E-state index >= 15 is 0 Å². The monoisotopic (exact) mass is 200 g/mol. The fourth-order valence-electron chi connectivity index (χ4n) is 1.05. The van der Waals surface area contributed by atoms with Crippen LogP contribution in [0.2, 0.25) is 0 Å². The van der Waals surface area contributed by atoms with Gasteiger partial charge in [-0.25, -0.2) is 0 Å². The molecule has 0 fully saturated rings. The zero-order valence-electron chi connectivity index (χ0n) is 7.10. The van der Waals surface area contributed by atoms with Gasteiger partial charge in [-0.1, -0.05) is 6.07 Å². The van der Waals surface area contributed by atoms with Crippen molar-refractivity contribution in [3.05, 3.63) is 34.9 Å². The summed E-state index contributed by atoms with van der Waals surface area (Å²) in [5.41, 5.74) is 4.25. The number of benzene rings is 1. The highest BCUT2D eigenvalue weighted by Crippen LogP contribution is 2.32. The Morgan fingerprint density at radius 1 is 1.36 bits per heavy atom. The van der Waals surface area contributed by atoms with E-state index in [1.807, 2.05) is 0 Å². The van der Waals surface area contributed by atoms with Crippen LogP contribution in [0.1, 0.15) is 16.7 Å². The Bertz CT molecular complexity index is 377. The highest BCUT2D eigenvalue weighted by atomic mass is 19.4. The first-order valence-electron chi connectivity index (χ1n) is 3.79. The Morgan fingerprint density at radius 2 is 2.00 bits per heavy atom. The Kier molecular flexibility index (Phi) is 2.77. The van der Waals surface area contributed by atoms with Gasteiger partial charge in [0.1, 0.15) is 0 Å². The number of nitrogens with two attached hydrogens (primary N) is 1. The first-order chi connectivity index (χ1) is 6.49. The summed E-state index contributed by atoms with van der Waals surface area (Å²) in [5.74, 6) is 0. The van der Waals surface area contributed by atoms with Gasteiger partial charge in [-0.05, 0) is 17.7 Å². The van der Waals surface area contributed by atoms with Gasteiger partial charge in [0.05, 0.1) is 17.2 Å². The van der Waals surface area contributed by atoms with Crippen LogP contribution in [0.5, 0.6) is 0 Å². The van der Waals surface area contributed by atoms with Gasteiger partial charge in [-0.2, -0.15) is 18.4 Å². The molecular weight excluding hydrogens is 193 g/mol. The molecule has 0 spiro atoms. The molecule has 1 aromatic rings. The standard InChI is InChI=1S/C9H7F3N2/c10-9(11,12)8-3-6(4-13)1-2-7(8)5-14/h1-3H,4,13H2. The van der Waals surface area contributed by atoms with Crippen molar-refractivity contribution in [3.63, 3.8) is 0 Å². The van der Waals surface area contributed by atoms with Crippen molar-refractivity contribution in [2.24, 2.45) is 5.73 Å². The molecule has 2 N–H and O–H groups in total. The van der Waals surface area contributed by atoms with Gasteiger partial charge in [-0.15, -0.1) is 0 Å². The number of nitriles is 1. The summed E-state index contributed by atoms with van der Waals surface area (Å²) in [6.45, 7) is 0.0226. The van der Waals surface area contributed by atoms with E-state index in [2.05, 4.69) is 0 Å². The first kappa shape index (κ1) is 10.5. The highest BCUT2D eigenvalue weighted by Gasteiger charge is 2.33. The van der Waals surface area contributed by atoms with Crippen LogP contribution in [0.15, 0.2) is 18.2 Å². The molecule has 0 saturated carbocycles. The van der Waals surface area contributed by atoms with E-state index < -0.39 is 11.7 Å². The molecule has 0 aliphatic heterocycles. The van der Waals surface area contributed by atoms with Crippen molar-refractivity contribution in [2.75, 3.05) is 0 Å². The van der Waals surface area contributed by atoms with E-state index in [-0.39, 0.29) is 12.1 Å². The van der Waals surface area contributed by atoms with Crippen LogP contribution in [0.3, 0.4) is 0 Å². The zero-order chi connectivity index (χ0) is 10.8. The van der Waals surface area contributed by atoms with Crippen molar-refractivity contribution in [2.45, 2.75) is 12.7 Å². The summed E-state index contributed by atoms with van der Waals surface area (Å²) in [5, 5.41) is 8.46. The van der Waals surface area contributed by atoms with Gasteiger partial charge in [0.2, 0.25) is 0 Å². The lowest BCUT2D eigenvalue weighted by Gasteiger charge is -2.09. The Balaban J connectivity index is 3.31. The number of hydrogen-bond donors (Lipinski definition) is 1. The number of hydrogen-bond acceptors (Lipinski definition) is 2. The quantitative estimate of drug-likeness (QED) is 0.754. The van der Waals surface area contributed by atoms with Crippen LogP contribution in [0.25, 0.3) is 0 Å². The van der Waals surface area contributed by atoms with E-state index in [1.54, 1.807) is 0 Å². The molecular formula is C9H7F3N2. The van der Waals surface area contributed by atoms with Crippen LogP contribution in [0, 0.1) is 11.3 Å². The zero-order valence-corrected chi connectivity index (χ0v) is 7.10. The minimum atomic E-state index is -4.50. The number of alkyl halides is 3. The van der Waals surface area contributed by atoms with Gasteiger partial charge >= 0.3 is 6.18 Å². The molecule has 0 unspecified atom stereocenters. The molecule has 0 bridgehead atoms. The van der Waals surface area contributed by atoms with Crippen molar-refractivity contribution in [3.8, 4) is 6.07 Å². The fraction of sp³-hybridized carbons (Fsp3) is 0.222. The molecule has 74 valence electrons. The van der Waals surface area contributed by atoms with Crippen molar-refractivity contribution < 1.29 is 13.2 Å². The highest BCUT2D eigenvalue weighted by molar-refractivity contribution is 5.41. The van der Waals surface area contributed by atoms with E-state index in [0.717, 1.165) is 12.1 Å². The van der Waals surface area contributed by atoms with E-state index in [9.17, 15) is 13.2 Å². The molecule has 1 aromatic carbocycles. The van der Waals surface area contributed by atoms with E-state index in [0.29, 0.717) is 5.56 Å². The lowest BCUT2D eigenvalue weighted by molar-refractivity contribution is -0.137. The first-order valence-corrected chi connectivity index (χ1v) is 3.79. The third kappa shape index (κ3) is 2.03. The summed E-state index contributed by atoms with van der Waals surface area (Å²) in [4.78, 5) is 0. The normalized spacial score (nSPS) is 11.1. The SMILES string of the molecule is N#Cc1ccc(CN)cc1C(F)(F)F. The minimum absolute atomic E-state index is 0.0226. The van der Waals surface area contributed by atoms with Crippen LogP contribution in [-0.4, -0.2) is 0 Å². The number of rotatable bonds is 1. The Labute approximate surface area is 78.8 Å². The van der Waals surface area contributed by atoms with Crippen LogP contribution in [-0.2, 0) is 12.7 Å². The van der Waals surface area contributed by atoms with Gasteiger partial charge in [0.25, 0.3) is 0 Å². The Hall–Kier alpha value is -1.54. The molecule has 0 aromatic heterocycles. The molecule has 0 atom stereocenters. The lowest BCUT2D eigenvalue weighted by Crippen LogP contribution is -2.09. The second kappa shape index (κ2) is 3.68. The molecule has 0 aliphatic carbocycles. The summed E-state index contributed by atoms with van der Waals surface area (Å²) in [7, 11) is 0. The molecule has 0 amide bonds. The molecule has 0 saturated heterocycles. The molecule has 0 radical (unpaired) electrons. The Morgan fingerprint density at radius 3 is 2.43 bits per heavy atom. The summed E-state index contributed by atoms with van der Waals surface area (Å²) >= 11 is 0. The molecule has 14 heavy (non-hydrogen) atoms. The average Bonchev–Trinajstić information content (AvgIpc) is 2.15. The summed E-state index contributed by atoms with van der Waals surface area (Å²) in [6.07, 6.45) is -4.50. The van der Waals surface area contributed by atoms with Gasteiger partial charge < -0.3 is 5.73 Å². The maximum absolute atomic E-state index is 12.4. The second-order valence-corrected chi connectivity index (χ2v) is 2.69. The largest absolute Gasteiger partial charge is 0.417 e. The van der Waals surface area contributed by atoms with E-state index in [4.69, 9.17) is 11.0 Å².